The van der Waals surface area contributed by atoms with Crippen molar-refractivity contribution >= 4 is 11.6 Å². The first-order chi connectivity index (χ1) is 8.33. The lowest BCUT2D eigenvalue weighted by atomic mass is 10.1. The molecule has 0 bridgehead atoms. The summed E-state index contributed by atoms with van der Waals surface area (Å²) in [6, 6.07) is 5.00. The van der Waals surface area contributed by atoms with Crippen molar-refractivity contribution < 1.29 is 4.39 Å². The van der Waals surface area contributed by atoms with Gasteiger partial charge in [-0.3, -0.25) is 0 Å². The van der Waals surface area contributed by atoms with E-state index in [2.05, 4.69) is 9.97 Å². The fourth-order valence-corrected chi connectivity index (χ4v) is 2.21. The predicted octanol–water partition coefficient (Wildman–Crippen LogP) is 3.10. The standard InChI is InChI=1S/C14H11FN2/c15-13-4-3-11-1-2-12(14(11)6-13)5-10-7-16-9-17-8-10/h3-9H,1-2H2. The van der Waals surface area contributed by atoms with Crippen molar-refractivity contribution in [3.05, 3.63) is 59.4 Å². The second-order valence-corrected chi connectivity index (χ2v) is 4.14. The van der Waals surface area contributed by atoms with E-state index in [-0.39, 0.29) is 5.82 Å². The summed E-state index contributed by atoms with van der Waals surface area (Å²) in [5.74, 6) is -0.180. The summed E-state index contributed by atoms with van der Waals surface area (Å²) in [6.07, 6.45) is 8.99. The molecule has 2 aromatic rings. The van der Waals surface area contributed by atoms with Gasteiger partial charge in [0.25, 0.3) is 0 Å². The molecule has 0 fully saturated rings. The number of nitrogens with zero attached hydrogens (tertiary/aromatic N) is 2. The Hall–Kier alpha value is -2.03. The molecule has 3 rings (SSSR count). The Labute approximate surface area is 98.9 Å². The maximum Gasteiger partial charge on any atom is 0.123 e. The highest BCUT2D eigenvalue weighted by Crippen LogP contribution is 2.33. The van der Waals surface area contributed by atoms with Gasteiger partial charge in [-0.05, 0) is 47.8 Å². The zero-order valence-corrected chi connectivity index (χ0v) is 9.23. The van der Waals surface area contributed by atoms with Crippen LogP contribution in [0.2, 0.25) is 0 Å². The van der Waals surface area contributed by atoms with E-state index in [1.807, 2.05) is 12.1 Å². The van der Waals surface area contributed by atoms with Gasteiger partial charge < -0.3 is 0 Å². The molecule has 3 heteroatoms. The van der Waals surface area contributed by atoms with Gasteiger partial charge in [0.2, 0.25) is 0 Å². The summed E-state index contributed by atoms with van der Waals surface area (Å²) >= 11 is 0. The summed E-state index contributed by atoms with van der Waals surface area (Å²) < 4.78 is 13.2. The number of fused-ring (bicyclic) bond motifs is 1. The molecule has 1 aromatic heterocycles. The Balaban J connectivity index is 2.04. The van der Waals surface area contributed by atoms with E-state index < -0.39 is 0 Å². The topological polar surface area (TPSA) is 25.8 Å². The van der Waals surface area contributed by atoms with Crippen LogP contribution in [-0.4, -0.2) is 9.97 Å². The number of rotatable bonds is 1. The van der Waals surface area contributed by atoms with E-state index in [1.165, 1.54) is 18.0 Å². The normalized spacial score (nSPS) is 16.2. The molecule has 1 aliphatic carbocycles. The first kappa shape index (κ1) is 10.1. The monoisotopic (exact) mass is 226 g/mol. The molecule has 0 saturated carbocycles. The molecule has 17 heavy (non-hydrogen) atoms. The van der Waals surface area contributed by atoms with Crippen LogP contribution in [0.15, 0.2) is 36.9 Å². The summed E-state index contributed by atoms with van der Waals surface area (Å²) in [7, 11) is 0. The van der Waals surface area contributed by atoms with E-state index in [1.54, 1.807) is 18.5 Å². The van der Waals surface area contributed by atoms with Crippen molar-refractivity contribution in [3.63, 3.8) is 0 Å². The molecular weight excluding hydrogens is 215 g/mol. The minimum Gasteiger partial charge on any atom is -0.244 e. The number of benzene rings is 1. The molecule has 2 nitrogen and oxygen atoms in total. The third kappa shape index (κ3) is 1.96. The van der Waals surface area contributed by atoms with Crippen LogP contribution in [0, 0.1) is 5.82 Å². The number of allylic oxidation sites excluding steroid dienone is 1. The van der Waals surface area contributed by atoms with Gasteiger partial charge in [-0.1, -0.05) is 6.07 Å². The first-order valence-electron chi connectivity index (χ1n) is 5.57. The summed E-state index contributed by atoms with van der Waals surface area (Å²) in [6.45, 7) is 0. The van der Waals surface area contributed by atoms with E-state index in [4.69, 9.17) is 0 Å². The zero-order chi connectivity index (χ0) is 11.7. The van der Waals surface area contributed by atoms with Crippen LogP contribution in [-0.2, 0) is 6.42 Å². The van der Waals surface area contributed by atoms with Crippen LogP contribution in [0.3, 0.4) is 0 Å². The lowest BCUT2D eigenvalue weighted by Gasteiger charge is -2.01. The Kier molecular flexibility index (Phi) is 2.44. The summed E-state index contributed by atoms with van der Waals surface area (Å²) in [5.41, 5.74) is 4.36. The van der Waals surface area contributed by atoms with Gasteiger partial charge in [-0.15, -0.1) is 0 Å². The van der Waals surface area contributed by atoms with Gasteiger partial charge in [-0.25, -0.2) is 14.4 Å². The van der Waals surface area contributed by atoms with E-state index in [0.29, 0.717) is 0 Å². The second kappa shape index (κ2) is 4.09. The lowest BCUT2D eigenvalue weighted by molar-refractivity contribution is 0.627. The molecule has 0 N–H and O–H groups in total. The minimum atomic E-state index is -0.180. The van der Waals surface area contributed by atoms with E-state index in [9.17, 15) is 4.39 Å². The number of hydrogen-bond donors (Lipinski definition) is 0. The van der Waals surface area contributed by atoms with Gasteiger partial charge in [0, 0.05) is 18.0 Å². The second-order valence-electron chi connectivity index (χ2n) is 4.14. The van der Waals surface area contributed by atoms with E-state index in [0.717, 1.165) is 29.5 Å². The molecule has 0 aliphatic heterocycles. The highest BCUT2D eigenvalue weighted by atomic mass is 19.1. The SMILES string of the molecule is Fc1ccc2c(c1)C(=Cc1cncnc1)CC2. The molecule has 1 heterocycles. The number of aryl methyl sites for hydroxylation is 1. The zero-order valence-electron chi connectivity index (χ0n) is 9.23. The van der Waals surface area contributed by atoms with Crippen LogP contribution < -0.4 is 0 Å². The molecule has 84 valence electrons. The number of aromatic nitrogens is 2. The van der Waals surface area contributed by atoms with Gasteiger partial charge in [0.1, 0.15) is 12.1 Å². The maximum atomic E-state index is 13.2. The average molecular weight is 226 g/mol. The van der Waals surface area contributed by atoms with Crippen LogP contribution >= 0.6 is 0 Å². The molecular formula is C14H11FN2. The third-order valence-electron chi connectivity index (χ3n) is 3.00. The van der Waals surface area contributed by atoms with Gasteiger partial charge in [0.15, 0.2) is 0 Å². The Morgan fingerprint density at radius 3 is 2.76 bits per heavy atom. The predicted molar refractivity (Wildman–Crippen MR) is 64.6 cm³/mol. The van der Waals surface area contributed by atoms with Crippen LogP contribution in [0.5, 0.6) is 0 Å². The summed E-state index contributed by atoms with van der Waals surface area (Å²) in [4.78, 5) is 7.94. The highest BCUT2D eigenvalue weighted by molar-refractivity contribution is 5.85. The smallest absolute Gasteiger partial charge is 0.123 e. The van der Waals surface area contributed by atoms with Gasteiger partial charge in [0.05, 0.1) is 0 Å². The molecule has 0 saturated heterocycles. The highest BCUT2D eigenvalue weighted by Gasteiger charge is 2.16. The summed E-state index contributed by atoms with van der Waals surface area (Å²) in [5, 5.41) is 0. The van der Waals surface area contributed by atoms with Crippen LogP contribution in [0.4, 0.5) is 4.39 Å². The van der Waals surface area contributed by atoms with Crippen LogP contribution in [0.1, 0.15) is 23.1 Å². The molecule has 0 atom stereocenters. The van der Waals surface area contributed by atoms with Crippen molar-refractivity contribution in [2.24, 2.45) is 0 Å². The van der Waals surface area contributed by atoms with Crippen molar-refractivity contribution in [3.8, 4) is 0 Å². The molecule has 0 radical (unpaired) electrons. The first-order valence-corrected chi connectivity index (χ1v) is 5.57. The number of halogens is 1. The van der Waals surface area contributed by atoms with Crippen LogP contribution in [0.25, 0.3) is 11.6 Å². The van der Waals surface area contributed by atoms with Crippen molar-refractivity contribution in [2.45, 2.75) is 12.8 Å². The fourth-order valence-electron chi connectivity index (χ4n) is 2.21. The number of hydrogen-bond acceptors (Lipinski definition) is 2. The molecule has 0 spiro atoms. The third-order valence-corrected chi connectivity index (χ3v) is 3.00. The average Bonchev–Trinajstić information content (AvgIpc) is 2.73. The molecule has 0 unspecified atom stereocenters. The Bertz CT molecular complexity index is 576. The largest absolute Gasteiger partial charge is 0.244 e. The van der Waals surface area contributed by atoms with Gasteiger partial charge >= 0.3 is 0 Å². The minimum absolute atomic E-state index is 0.180. The fraction of sp³-hybridized carbons (Fsp3) is 0.143. The van der Waals surface area contributed by atoms with Crippen molar-refractivity contribution in [1.29, 1.82) is 0 Å². The van der Waals surface area contributed by atoms with Crippen molar-refractivity contribution in [2.75, 3.05) is 0 Å². The van der Waals surface area contributed by atoms with E-state index >= 15 is 0 Å². The maximum absolute atomic E-state index is 13.2. The Morgan fingerprint density at radius 2 is 1.94 bits per heavy atom. The van der Waals surface area contributed by atoms with Crippen molar-refractivity contribution in [1.82, 2.24) is 9.97 Å². The quantitative estimate of drug-likeness (QED) is 0.746. The molecule has 1 aliphatic rings. The molecule has 1 aromatic carbocycles. The lowest BCUT2D eigenvalue weighted by Crippen LogP contribution is -1.84. The van der Waals surface area contributed by atoms with Gasteiger partial charge in [-0.2, -0.15) is 0 Å². The molecule has 0 amide bonds. The Morgan fingerprint density at radius 1 is 1.12 bits per heavy atom.